The molecule has 0 aliphatic heterocycles. The molecule has 0 aliphatic carbocycles. The summed E-state index contributed by atoms with van der Waals surface area (Å²) in [6.45, 7) is 7.35. The molecule has 0 aromatic carbocycles. The van der Waals surface area contributed by atoms with Crippen LogP contribution in [-0.4, -0.2) is 47.9 Å². The monoisotopic (exact) mass is 272 g/mol. The van der Waals surface area contributed by atoms with Gasteiger partial charge in [-0.1, -0.05) is 27.7 Å². The van der Waals surface area contributed by atoms with Crippen molar-refractivity contribution in [2.45, 2.75) is 27.7 Å². The molecule has 2 unspecified atom stereocenters. The van der Waals surface area contributed by atoms with Gasteiger partial charge in [0.2, 0.25) is 11.8 Å². The maximum absolute atomic E-state index is 11.7. The Hall–Kier alpha value is -1.59. The molecule has 2 amide bonds. The average Bonchev–Trinajstić information content (AvgIpc) is 2.33. The van der Waals surface area contributed by atoms with E-state index in [2.05, 4.69) is 5.32 Å². The van der Waals surface area contributed by atoms with Gasteiger partial charge in [0.05, 0.1) is 0 Å². The minimum absolute atomic E-state index is 0.0324. The maximum Gasteiger partial charge on any atom is 0.322 e. The van der Waals surface area contributed by atoms with Crippen molar-refractivity contribution in [3.8, 4) is 0 Å². The summed E-state index contributed by atoms with van der Waals surface area (Å²) in [7, 11) is 1.71. The highest BCUT2D eigenvalue weighted by molar-refractivity contribution is 5.83. The second-order valence-corrected chi connectivity index (χ2v) is 5.25. The number of hydrogen-bond donors (Lipinski definition) is 2. The summed E-state index contributed by atoms with van der Waals surface area (Å²) >= 11 is 0. The van der Waals surface area contributed by atoms with Gasteiger partial charge in [0.1, 0.15) is 6.54 Å². The zero-order valence-electron chi connectivity index (χ0n) is 12.3. The first-order valence-electron chi connectivity index (χ1n) is 6.41. The van der Waals surface area contributed by atoms with Crippen LogP contribution in [0.1, 0.15) is 27.7 Å². The first-order valence-corrected chi connectivity index (χ1v) is 6.41. The van der Waals surface area contributed by atoms with Crippen LogP contribution in [0.5, 0.6) is 0 Å². The van der Waals surface area contributed by atoms with E-state index in [1.807, 2.05) is 20.8 Å². The third-order valence-corrected chi connectivity index (χ3v) is 3.11. The van der Waals surface area contributed by atoms with Crippen LogP contribution in [0.2, 0.25) is 0 Å². The Morgan fingerprint density at radius 3 is 2.11 bits per heavy atom. The van der Waals surface area contributed by atoms with Gasteiger partial charge in [-0.25, -0.2) is 0 Å². The summed E-state index contributed by atoms with van der Waals surface area (Å²) in [5, 5.41) is 10.8. The van der Waals surface area contributed by atoms with Crippen LogP contribution in [0.3, 0.4) is 0 Å². The summed E-state index contributed by atoms with van der Waals surface area (Å²) in [6.07, 6.45) is 0. The molecule has 0 saturated heterocycles. The molecule has 19 heavy (non-hydrogen) atoms. The van der Waals surface area contributed by atoms with E-state index in [4.69, 9.17) is 5.11 Å². The van der Waals surface area contributed by atoms with Crippen molar-refractivity contribution < 1.29 is 19.5 Å². The van der Waals surface area contributed by atoms with Gasteiger partial charge in [-0.15, -0.1) is 0 Å². The number of nitrogens with zero attached hydrogens (tertiary/aromatic N) is 1. The second-order valence-electron chi connectivity index (χ2n) is 5.25. The SMILES string of the molecule is CC(C)C(=O)N(C)CC(C)C(C)C(=O)NCC(=O)O. The predicted molar refractivity (Wildman–Crippen MR) is 71.4 cm³/mol. The van der Waals surface area contributed by atoms with Crippen LogP contribution in [0.4, 0.5) is 0 Å². The minimum atomic E-state index is -1.07. The Labute approximate surface area is 114 Å². The predicted octanol–water partition coefficient (Wildman–Crippen LogP) is 0.574. The van der Waals surface area contributed by atoms with E-state index < -0.39 is 5.97 Å². The summed E-state index contributed by atoms with van der Waals surface area (Å²) in [6, 6.07) is 0. The van der Waals surface area contributed by atoms with Crippen LogP contribution in [0, 0.1) is 17.8 Å². The smallest absolute Gasteiger partial charge is 0.322 e. The first-order chi connectivity index (χ1) is 8.66. The molecular weight excluding hydrogens is 248 g/mol. The average molecular weight is 272 g/mol. The molecule has 6 nitrogen and oxygen atoms in total. The van der Waals surface area contributed by atoms with Crippen molar-refractivity contribution in [1.82, 2.24) is 10.2 Å². The van der Waals surface area contributed by atoms with Crippen molar-refractivity contribution in [3.05, 3.63) is 0 Å². The molecule has 0 saturated carbocycles. The van der Waals surface area contributed by atoms with Gasteiger partial charge in [-0.3, -0.25) is 14.4 Å². The molecule has 0 aromatic heterocycles. The number of carbonyl (C=O) groups is 3. The molecule has 0 rings (SSSR count). The third-order valence-electron chi connectivity index (χ3n) is 3.11. The molecule has 110 valence electrons. The zero-order chi connectivity index (χ0) is 15.2. The molecule has 0 spiro atoms. The Balaban J connectivity index is 4.33. The number of rotatable bonds is 7. The second kappa shape index (κ2) is 7.76. The quantitative estimate of drug-likeness (QED) is 0.709. The fourth-order valence-electron chi connectivity index (χ4n) is 1.70. The van der Waals surface area contributed by atoms with E-state index in [1.54, 1.807) is 18.9 Å². The number of aliphatic carboxylic acids is 1. The molecule has 0 fully saturated rings. The summed E-state index contributed by atoms with van der Waals surface area (Å²) < 4.78 is 0. The number of carbonyl (C=O) groups excluding carboxylic acids is 2. The molecule has 0 radical (unpaired) electrons. The molecule has 0 aromatic rings. The van der Waals surface area contributed by atoms with Gasteiger partial charge in [0.15, 0.2) is 0 Å². The minimum Gasteiger partial charge on any atom is -0.480 e. The number of hydrogen-bond acceptors (Lipinski definition) is 3. The number of amides is 2. The highest BCUT2D eigenvalue weighted by atomic mass is 16.4. The molecule has 0 aliphatic rings. The Morgan fingerprint density at radius 2 is 1.68 bits per heavy atom. The van der Waals surface area contributed by atoms with Crippen molar-refractivity contribution in [3.63, 3.8) is 0 Å². The molecule has 2 atom stereocenters. The molecule has 0 heterocycles. The van der Waals surface area contributed by atoms with Crippen molar-refractivity contribution in [2.75, 3.05) is 20.1 Å². The van der Waals surface area contributed by atoms with Crippen molar-refractivity contribution >= 4 is 17.8 Å². The van der Waals surface area contributed by atoms with Crippen LogP contribution in [-0.2, 0) is 14.4 Å². The van der Waals surface area contributed by atoms with Gasteiger partial charge in [0.25, 0.3) is 0 Å². The normalized spacial score (nSPS) is 13.8. The lowest BCUT2D eigenvalue weighted by molar-refractivity contribution is -0.139. The highest BCUT2D eigenvalue weighted by Crippen LogP contribution is 2.13. The third kappa shape index (κ3) is 6.22. The molecule has 0 bridgehead atoms. The van der Waals surface area contributed by atoms with Gasteiger partial charge >= 0.3 is 5.97 Å². The molecule has 2 N–H and O–H groups in total. The van der Waals surface area contributed by atoms with E-state index in [9.17, 15) is 14.4 Å². The topological polar surface area (TPSA) is 86.7 Å². The fraction of sp³-hybridized carbons (Fsp3) is 0.769. The number of carboxylic acid groups (broad SMARTS) is 1. The molecule has 6 heteroatoms. The standard InChI is InChI=1S/C13H24N2O4/c1-8(2)13(19)15(5)7-9(3)10(4)12(18)14-6-11(16)17/h8-10H,6-7H2,1-5H3,(H,14,18)(H,16,17). The Kier molecular flexibility index (Phi) is 7.11. The maximum atomic E-state index is 11.7. The van der Waals surface area contributed by atoms with Crippen LogP contribution in [0.15, 0.2) is 0 Å². The number of nitrogens with one attached hydrogen (secondary N) is 1. The van der Waals surface area contributed by atoms with Gasteiger partial charge in [-0.2, -0.15) is 0 Å². The van der Waals surface area contributed by atoms with E-state index in [0.29, 0.717) is 6.54 Å². The largest absolute Gasteiger partial charge is 0.480 e. The molecular formula is C13H24N2O4. The van der Waals surface area contributed by atoms with Gasteiger partial charge in [-0.05, 0) is 5.92 Å². The zero-order valence-corrected chi connectivity index (χ0v) is 12.3. The lowest BCUT2D eigenvalue weighted by atomic mass is 9.94. The van der Waals surface area contributed by atoms with E-state index in [1.165, 1.54) is 0 Å². The Bertz CT molecular complexity index is 342. The van der Waals surface area contributed by atoms with Crippen LogP contribution in [0.25, 0.3) is 0 Å². The highest BCUT2D eigenvalue weighted by Gasteiger charge is 2.23. The van der Waals surface area contributed by atoms with Crippen molar-refractivity contribution in [1.29, 1.82) is 0 Å². The van der Waals surface area contributed by atoms with E-state index in [-0.39, 0.29) is 36.1 Å². The van der Waals surface area contributed by atoms with Gasteiger partial charge < -0.3 is 15.3 Å². The summed E-state index contributed by atoms with van der Waals surface area (Å²) in [5.41, 5.74) is 0. The van der Waals surface area contributed by atoms with Gasteiger partial charge in [0, 0.05) is 25.4 Å². The van der Waals surface area contributed by atoms with Crippen LogP contribution < -0.4 is 5.32 Å². The van der Waals surface area contributed by atoms with Crippen LogP contribution >= 0.6 is 0 Å². The number of carboxylic acids is 1. The summed E-state index contributed by atoms with van der Waals surface area (Å²) in [5.74, 6) is -1.80. The Morgan fingerprint density at radius 1 is 1.16 bits per heavy atom. The lowest BCUT2D eigenvalue weighted by Gasteiger charge is -2.26. The van der Waals surface area contributed by atoms with E-state index in [0.717, 1.165) is 0 Å². The summed E-state index contributed by atoms with van der Waals surface area (Å²) in [4.78, 5) is 35.4. The van der Waals surface area contributed by atoms with Crippen molar-refractivity contribution in [2.24, 2.45) is 17.8 Å². The fourth-order valence-corrected chi connectivity index (χ4v) is 1.70. The first kappa shape index (κ1) is 17.4. The van der Waals surface area contributed by atoms with E-state index >= 15 is 0 Å². The lowest BCUT2D eigenvalue weighted by Crippen LogP contribution is -2.41.